The summed E-state index contributed by atoms with van der Waals surface area (Å²) in [5.41, 5.74) is 2.17. The van der Waals surface area contributed by atoms with Crippen LogP contribution in [0.5, 0.6) is 0 Å². The quantitative estimate of drug-likeness (QED) is 0.848. The van der Waals surface area contributed by atoms with Crippen LogP contribution in [0.15, 0.2) is 23.1 Å². The molecule has 1 aliphatic heterocycles. The topological polar surface area (TPSA) is 58.2 Å². The maximum Gasteiger partial charge on any atom is 0.240 e. The summed E-state index contributed by atoms with van der Waals surface area (Å²) in [5, 5.41) is 3.28. The van der Waals surface area contributed by atoms with E-state index in [2.05, 4.69) is 17.0 Å². The molecule has 0 saturated heterocycles. The van der Waals surface area contributed by atoms with E-state index in [0.29, 0.717) is 4.90 Å². The molecule has 20 heavy (non-hydrogen) atoms. The molecular formula is C15H24N2O2S. The Labute approximate surface area is 122 Å². The molecule has 4 nitrogen and oxygen atoms in total. The fourth-order valence-electron chi connectivity index (χ4n) is 2.59. The van der Waals surface area contributed by atoms with E-state index in [0.717, 1.165) is 44.3 Å². The number of sulfonamides is 1. The minimum absolute atomic E-state index is 0.0222. The van der Waals surface area contributed by atoms with Crippen LogP contribution >= 0.6 is 0 Å². The van der Waals surface area contributed by atoms with E-state index in [9.17, 15) is 8.42 Å². The minimum Gasteiger partial charge on any atom is -0.385 e. The summed E-state index contributed by atoms with van der Waals surface area (Å²) in [6.07, 6.45) is 4.79. The van der Waals surface area contributed by atoms with E-state index < -0.39 is 10.0 Å². The Kier molecular flexibility index (Phi) is 5.05. The lowest BCUT2D eigenvalue weighted by molar-refractivity contribution is 0.512. The first-order valence-corrected chi connectivity index (χ1v) is 8.94. The van der Waals surface area contributed by atoms with Crippen LogP contribution in [-0.2, 0) is 16.4 Å². The van der Waals surface area contributed by atoms with Crippen LogP contribution in [-0.4, -0.2) is 21.0 Å². The first-order chi connectivity index (χ1) is 9.56. The maximum atomic E-state index is 12.4. The summed E-state index contributed by atoms with van der Waals surface area (Å²) in [5.74, 6) is 0. The van der Waals surface area contributed by atoms with E-state index in [1.54, 1.807) is 12.1 Å². The summed E-state index contributed by atoms with van der Waals surface area (Å²) in [7, 11) is -3.42. The van der Waals surface area contributed by atoms with Crippen molar-refractivity contribution in [3.63, 3.8) is 0 Å². The van der Waals surface area contributed by atoms with Crippen molar-refractivity contribution in [1.29, 1.82) is 0 Å². The molecule has 0 spiro atoms. The predicted molar refractivity (Wildman–Crippen MR) is 82.6 cm³/mol. The molecule has 0 aromatic heterocycles. The molecule has 2 N–H and O–H groups in total. The molecule has 1 heterocycles. The number of nitrogens with one attached hydrogen (secondary N) is 2. The van der Waals surface area contributed by atoms with Gasteiger partial charge in [0.15, 0.2) is 0 Å². The second-order valence-corrected chi connectivity index (χ2v) is 7.08. The Morgan fingerprint density at radius 2 is 2.15 bits per heavy atom. The first kappa shape index (κ1) is 15.3. The maximum absolute atomic E-state index is 12.4. The van der Waals surface area contributed by atoms with Gasteiger partial charge < -0.3 is 5.32 Å². The number of hydrogen-bond donors (Lipinski definition) is 2. The Morgan fingerprint density at radius 1 is 1.35 bits per heavy atom. The molecule has 2 rings (SSSR count). The van der Waals surface area contributed by atoms with Gasteiger partial charge in [0.1, 0.15) is 0 Å². The van der Waals surface area contributed by atoms with Crippen molar-refractivity contribution in [2.75, 3.05) is 11.9 Å². The third kappa shape index (κ3) is 3.52. The van der Waals surface area contributed by atoms with Gasteiger partial charge in [-0.1, -0.05) is 26.3 Å². The molecule has 1 aliphatic rings. The Hall–Kier alpha value is -1.07. The molecule has 1 aromatic rings. The molecular weight excluding hydrogens is 272 g/mol. The van der Waals surface area contributed by atoms with E-state index in [1.165, 1.54) is 5.56 Å². The lowest BCUT2D eigenvalue weighted by Crippen LogP contribution is -2.34. The van der Waals surface area contributed by atoms with Crippen LogP contribution in [0.25, 0.3) is 0 Å². The van der Waals surface area contributed by atoms with Crippen molar-refractivity contribution >= 4 is 15.7 Å². The predicted octanol–water partition coefficient (Wildman–Crippen LogP) is 2.90. The lowest BCUT2D eigenvalue weighted by atomic mass is 10.0. The van der Waals surface area contributed by atoms with Gasteiger partial charge in [0.25, 0.3) is 0 Å². The van der Waals surface area contributed by atoms with E-state index in [1.807, 2.05) is 13.0 Å². The molecule has 0 aliphatic carbocycles. The van der Waals surface area contributed by atoms with Crippen molar-refractivity contribution < 1.29 is 8.42 Å². The number of anilines is 1. The number of benzene rings is 1. The standard InChI is InChI=1S/C15H24N2O2S/c1-3-6-13(4-2)17-20(18,19)14-9-8-12-7-5-10-16-15(12)11-14/h8-9,11,13,16-17H,3-7,10H2,1-2H3. The molecule has 1 unspecified atom stereocenters. The van der Waals surface area contributed by atoms with Crippen molar-refractivity contribution in [1.82, 2.24) is 4.72 Å². The van der Waals surface area contributed by atoms with Crippen LogP contribution < -0.4 is 10.0 Å². The van der Waals surface area contributed by atoms with Crippen molar-refractivity contribution in [2.45, 2.75) is 56.9 Å². The average Bonchev–Trinajstić information content (AvgIpc) is 2.46. The van der Waals surface area contributed by atoms with Crippen molar-refractivity contribution in [3.05, 3.63) is 23.8 Å². The summed E-state index contributed by atoms with van der Waals surface area (Å²) in [6.45, 7) is 4.99. The molecule has 1 atom stereocenters. The molecule has 0 radical (unpaired) electrons. The molecule has 5 heteroatoms. The van der Waals surface area contributed by atoms with Gasteiger partial charge in [-0.25, -0.2) is 13.1 Å². The van der Waals surface area contributed by atoms with Gasteiger partial charge in [-0.2, -0.15) is 0 Å². The summed E-state index contributed by atoms with van der Waals surface area (Å²) < 4.78 is 27.7. The number of hydrogen-bond acceptors (Lipinski definition) is 3. The van der Waals surface area contributed by atoms with Crippen LogP contribution in [0.3, 0.4) is 0 Å². The number of aryl methyl sites for hydroxylation is 1. The monoisotopic (exact) mass is 296 g/mol. The normalized spacial score (nSPS) is 16.3. The molecule has 112 valence electrons. The zero-order chi connectivity index (χ0) is 14.6. The highest BCUT2D eigenvalue weighted by atomic mass is 32.2. The Morgan fingerprint density at radius 3 is 2.85 bits per heavy atom. The van der Waals surface area contributed by atoms with E-state index >= 15 is 0 Å². The summed E-state index contributed by atoms with van der Waals surface area (Å²) in [6, 6.07) is 5.42. The summed E-state index contributed by atoms with van der Waals surface area (Å²) >= 11 is 0. The zero-order valence-electron chi connectivity index (χ0n) is 12.3. The molecule has 0 saturated carbocycles. The van der Waals surface area contributed by atoms with Gasteiger partial charge in [0.2, 0.25) is 10.0 Å². The van der Waals surface area contributed by atoms with Gasteiger partial charge in [-0.15, -0.1) is 0 Å². The highest BCUT2D eigenvalue weighted by Gasteiger charge is 2.20. The fourth-order valence-corrected chi connectivity index (χ4v) is 3.97. The van der Waals surface area contributed by atoms with Crippen molar-refractivity contribution in [3.8, 4) is 0 Å². The largest absolute Gasteiger partial charge is 0.385 e. The van der Waals surface area contributed by atoms with E-state index in [4.69, 9.17) is 0 Å². The minimum atomic E-state index is -3.42. The third-order valence-electron chi connectivity index (χ3n) is 3.78. The van der Waals surface area contributed by atoms with Gasteiger partial charge in [-0.3, -0.25) is 0 Å². The summed E-state index contributed by atoms with van der Waals surface area (Å²) in [4.78, 5) is 0.361. The van der Waals surface area contributed by atoms with Crippen LogP contribution in [0.4, 0.5) is 5.69 Å². The molecule has 0 fully saturated rings. The van der Waals surface area contributed by atoms with Crippen LogP contribution in [0, 0.1) is 0 Å². The second kappa shape index (κ2) is 6.59. The van der Waals surface area contributed by atoms with Gasteiger partial charge in [-0.05, 0) is 43.4 Å². The third-order valence-corrected chi connectivity index (χ3v) is 5.30. The van der Waals surface area contributed by atoms with Gasteiger partial charge >= 0.3 is 0 Å². The van der Waals surface area contributed by atoms with Crippen LogP contribution in [0.2, 0.25) is 0 Å². The van der Waals surface area contributed by atoms with Crippen LogP contribution in [0.1, 0.15) is 45.1 Å². The number of fused-ring (bicyclic) bond motifs is 1. The number of rotatable bonds is 6. The second-order valence-electron chi connectivity index (χ2n) is 5.36. The fraction of sp³-hybridized carbons (Fsp3) is 0.600. The average molecular weight is 296 g/mol. The van der Waals surface area contributed by atoms with Gasteiger partial charge in [0.05, 0.1) is 4.90 Å². The van der Waals surface area contributed by atoms with E-state index in [-0.39, 0.29) is 6.04 Å². The lowest BCUT2D eigenvalue weighted by Gasteiger charge is -2.20. The van der Waals surface area contributed by atoms with Crippen molar-refractivity contribution in [2.24, 2.45) is 0 Å². The zero-order valence-corrected chi connectivity index (χ0v) is 13.1. The SMILES string of the molecule is CCCC(CC)NS(=O)(=O)c1ccc2c(c1)NCCC2. The Bertz CT molecular complexity index is 555. The molecule has 0 amide bonds. The first-order valence-electron chi connectivity index (χ1n) is 7.46. The smallest absolute Gasteiger partial charge is 0.240 e. The molecule has 0 bridgehead atoms. The van der Waals surface area contributed by atoms with Gasteiger partial charge in [0, 0.05) is 18.3 Å². The Balaban J connectivity index is 2.20. The molecule has 1 aromatic carbocycles. The highest BCUT2D eigenvalue weighted by Crippen LogP contribution is 2.25. The highest BCUT2D eigenvalue weighted by molar-refractivity contribution is 7.89.